The smallest absolute Gasteiger partial charge is 0.326 e. The molecule has 0 radical (unpaired) electrons. The van der Waals surface area contributed by atoms with E-state index in [9.17, 15) is 19.5 Å². The molecule has 0 bridgehead atoms. The largest absolute Gasteiger partial charge is 0.505 e. The van der Waals surface area contributed by atoms with E-state index in [4.69, 9.17) is 26.6 Å². The Hall–Kier alpha value is -3.07. The number of carbonyl (C=O) groups excluding carboxylic acids is 1. The summed E-state index contributed by atoms with van der Waals surface area (Å²) in [7, 11) is 0. The van der Waals surface area contributed by atoms with Gasteiger partial charge in [-0.1, -0.05) is 11.6 Å². The molecule has 27 heavy (non-hydrogen) atoms. The molecule has 0 aliphatic rings. The minimum Gasteiger partial charge on any atom is -0.505 e. The molecule has 144 valence electrons. The Morgan fingerprint density at radius 2 is 1.89 bits per heavy atom. The van der Waals surface area contributed by atoms with Crippen molar-refractivity contribution in [3.63, 3.8) is 0 Å². The summed E-state index contributed by atoms with van der Waals surface area (Å²) < 4.78 is 5.54. The topological polar surface area (TPSA) is 146 Å². The van der Waals surface area contributed by atoms with Gasteiger partial charge in [0.05, 0.1) is 12.5 Å². The average molecular weight is 397 g/mol. The van der Waals surface area contributed by atoms with Gasteiger partial charge in [0.2, 0.25) is 0 Å². The lowest BCUT2D eigenvalue weighted by Gasteiger charge is -2.15. The van der Waals surface area contributed by atoms with Gasteiger partial charge in [-0.3, -0.25) is 9.59 Å². The lowest BCUT2D eigenvalue weighted by Crippen LogP contribution is -2.42. The van der Waals surface area contributed by atoms with Crippen LogP contribution in [0.2, 0.25) is 5.15 Å². The number of rotatable bonds is 7. The Morgan fingerprint density at radius 1 is 1.22 bits per heavy atom. The van der Waals surface area contributed by atoms with Crippen molar-refractivity contribution >= 4 is 40.2 Å². The molecule has 0 aliphatic carbocycles. The molecule has 0 spiro atoms. The Kier molecular flexibility index (Phi) is 6.06. The number of carbonyl (C=O) groups is 3. The van der Waals surface area contributed by atoms with E-state index >= 15 is 0 Å². The monoisotopic (exact) mass is 396 g/mol. The highest BCUT2D eigenvalue weighted by molar-refractivity contribution is 6.35. The number of aromatic nitrogens is 1. The number of hydrogen-bond donors (Lipinski definition) is 4. The second kappa shape index (κ2) is 8.09. The average Bonchev–Trinajstić information content (AvgIpc) is 2.56. The van der Waals surface area contributed by atoms with Gasteiger partial charge in [0.1, 0.15) is 16.9 Å². The van der Waals surface area contributed by atoms with Crippen molar-refractivity contribution < 1.29 is 34.4 Å². The fourth-order valence-electron chi connectivity index (χ4n) is 2.34. The van der Waals surface area contributed by atoms with Crippen molar-refractivity contribution in [1.82, 2.24) is 10.3 Å². The molecule has 1 aromatic carbocycles. The minimum atomic E-state index is -1.69. The molecule has 2 aromatic rings. The van der Waals surface area contributed by atoms with Gasteiger partial charge >= 0.3 is 11.9 Å². The fourth-order valence-corrected chi connectivity index (χ4v) is 2.59. The molecular formula is C17H17ClN2O7. The van der Waals surface area contributed by atoms with Crippen LogP contribution >= 0.6 is 11.6 Å². The first-order valence-corrected chi connectivity index (χ1v) is 8.22. The maximum absolute atomic E-state index is 12.3. The first kappa shape index (κ1) is 20.2. The summed E-state index contributed by atoms with van der Waals surface area (Å²) in [6, 6.07) is 2.97. The van der Waals surface area contributed by atoms with Gasteiger partial charge in [0.25, 0.3) is 5.91 Å². The van der Waals surface area contributed by atoms with Crippen LogP contribution in [0.4, 0.5) is 0 Å². The third-order valence-electron chi connectivity index (χ3n) is 3.47. The molecule has 1 amide bonds. The Labute approximate surface area is 158 Å². The quantitative estimate of drug-likeness (QED) is 0.520. The third-order valence-corrected chi connectivity index (χ3v) is 3.76. The van der Waals surface area contributed by atoms with Crippen molar-refractivity contribution in [2.75, 3.05) is 0 Å². The van der Waals surface area contributed by atoms with E-state index in [1.165, 1.54) is 6.07 Å². The van der Waals surface area contributed by atoms with Crippen LogP contribution in [0.25, 0.3) is 10.8 Å². The molecule has 0 aliphatic heterocycles. The van der Waals surface area contributed by atoms with E-state index in [2.05, 4.69) is 4.98 Å². The van der Waals surface area contributed by atoms with Crippen LogP contribution in [0, 0.1) is 0 Å². The maximum atomic E-state index is 12.3. The van der Waals surface area contributed by atoms with E-state index < -0.39 is 41.8 Å². The molecule has 0 saturated carbocycles. The summed E-state index contributed by atoms with van der Waals surface area (Å²) in [6.45, 7) is 3.63. The van der Waals surface area contributed by atoms with Crippen molar-refractivity contribution in [1.29, 1.82) is 0 Å². The second-order valence-corrected chi connectivity index (χ2v) is 6.29. The lowest BCUT2D eigenvalue weighted by atomic mass is 10.1. The van der Waals surface area contributed by atoms with Gasteiger partial charge < -0.3 is 25.4 Å². The summed E-state index contributed by atoms with van der Waals surface area (Å²) in [4.78, 5) is 38.0. The number of nitrogens with one attached hydrogen (secondary N) is 1. The van der Waals surface area contributed by atoms with Crippen LogP contribution < -0.4 is 10.1 Å². The Morgan fingerprint density at radius 3 is 2.44 bits per heavy atom. The third kappa shape index (κ3) is 4.76. The Balaban J connectivity index is 2.45. The molecule has 0 saturated heterocycles. The van der Waals surface area contributed by atoms with Gasteiger partial charge in [-0.25, -0.2) is 9.78 Å². The first-order chi connectivity index (χ1) is 12.6. The van der Waals surface area contributed by atoms with Crippen LogP contribution in [-0.4, -0.2) is 50.3 Å². The SMILES string of the molecule is CC(C)Oc1ccc2c(Cl)nc(C(=O)N[C@H](CC(=O)O)C(=O)O)c(O)c2c1. The van der Waals surface area contributed by atoms with E-state index in [0.717, 1.165) is 0 Å². The summed E-state index contributed by atoms with van der Waals surface area (Å²) in [5.41, 5.74) is -0.522. The van der Waals surface area contributed by atoms with E-state index in [1.54, 1.807) is 12.1 Å². The van der Waals surface area contributed by atoms with Crippen LogP contribution in [0.1, 0.15) is 30.8 Å². The molecule has 1 aromatic heterocycles. The number of fused-ring (bicyclic) bond motifs is 1. The minimum absolute atomic E-state index is 0.0887. The van der Waals surface area contributed by atoms with Gasteiger partial charge in [0, 0.05) is 10.8 Å². The molecule has 10 heteroatoms. The number of pyridine rings is 1. The standard InChI is InChI=1S/C17H17ClN2O7/c1-7(2)27-8-3-4-9-10(5-8)14(23)13(20-15(9)18)16(24)19-11(17(25)26)6-12(21)22/h3-5,7,11,23H,6H2,1-2H3,(H,19,24)(H,21,22)(H,25,26)/t11-/m1/s1. The number of benzene rings is 1. The maximum Gasteiger partial charge on any atom is 0.326 e. The van der Waals surface area contributed by atoms with Crippen molar-refractivity contribution in [3.8, 4) is 11.5 Å². The fraction of sp³-hybridized carbons (Fsp3) is 0.294. The number of amides is 1. The summed E-state index contributed by atoms with van der Waals surface area (Å²) in [6.07, 6.45) is -0.966. The molecule has 2 rings (SSSR count). The van der Waals surface area contributed by atoms with E-state index in [0.29, 0.717) is 11.1 Å². The number of ether oxygens (including phenoxy) is 1. The molecule has 4 N–H and O–H groups in total. The summed E-state index contributed by atoms with van der Waals surface area (Å²) >= 11 is 6.07. The first-order valence-electron chi connectivity index (χ1n) is 7.84. The Bertz CT molecular complexity index is 914. The summed E-state index contributed by atoms with van der Waals surface area (Å²) in [5.74, 6) is -4.12. The van der Waals surface area contributed by atoms with Gasteiger partial charge in [0.15, 0.2) is 11.4 Å². The van der Waals surface area contributed by atoms with Gasteiger partial charge in [-0.2, -0.15) is 0 Å². The number of halogens is 1. The molecule has 9 nitrogen and oxygen atoms in total. The number of carboxylic acids is 2. The predicted octanol–water partition coefficient (Wildman–Crippen LogP) is 2.04. The second-order valence-electron chi connectivity index (χ2n) is 5.94. The number of nitrogens with zero attached hydrogens (tertiary/aromatic N) is 1. The highest BCUT2D eigenvalue weighted by Crippen LogP contribution is 2.34. The zero-order valence-electron chi connectivity index (χ0n) is 14.4. The lowest BCUT2D eigenvalue weighted by molar-refractivity contribution is -0.145. The zero-order chi connectivity index (χ0) is 20.3. The van der Waals surface area contributed by atoms with Crippen LogP contribution in [-0.2, 0) is 9.59 Å². The summed E-state index contributed by atoms with van der Waals surface area (Å²) in [5, 5.41) is 30.7. The highest BCUT2D eigenvalue weighted by Gasteiger charge is 2.26. The van der Waals surface area contributed by atoms with Crippen LogP contribution in [0.3, 0.4) is 0 Å². The molecule has 0 unspecified atom stereocenters. The van der Waals surface area contributed by atoms with Crippen LogP contribution in [0.15, 0.2) is 18.2 Å². The molecule has 1 atom stereocenters. The highest BCUT2D eigenvalue weighted by atomic mass is 35.5. The van der Waals surface area contributed by atoms with E-state index in [1.807, 2.05) is 19.2 Å². The van der Waals surface area contributed by atoms with E-state index in [-0.39, 0.29) is 16.6 Å². The van der Waals surface area contributed by atoms with Crippen molar-refractivity contribution in [2.24, 2.45) is 0 Å². The molecule has 0 fully saturated rings. The predicted molar refractivity (Wildman–Crippen MR) is 95.3 cm³/mol. The van der Waals surface area contributed by atoms with Crippen molar-refractivity contribution in [2.45, 2.75) is 32.4 Å². The van der Waals surface area contributed by atoms with Gasteiger partial charge in [-0.05, 0) is 32.0 Å². The number of carboxylic acid groups (broad SMARTS) is 2. The van der Waals surface area contributed by atoms with Crippen LogP contribution in [0.5, 0.6) is 11.5 Å². The number of aromatic hydroxyl groups is 1. The number of aliphatic carboxylic acids is 2. The normalized spacial score (nSPS) is 12.0. The van der Waals surface area contributed by atoms with Crippen molar-refractivity contribution in [3.05, 3.63) is 29.0 Å². The van der Waals surface area contributed by atoms with Gasteiger partial charge in [-0.15, -0.1) is 0 Å². The molecule has 1 heterocycles. The molecular weight excluding hydrogens is 380 g/mol. The number of hydrogen-bond acceptors (Lipinski definition) is 6. The zero-order valence-corrected chi connectivity index (χ0v) is 15.1.